The number of fused-ring (bicyclic) bond motifs is 2. The smallest absolute Gasteiger partial charge is 0.261 e. The molecule has 0 saturated heterocycles. The Labute approximate surface area is 157 Å². The van der Waals surface area contributed by atoms with Gasteiger partial charge in [0.1, 0.15) is 17.7 Å². The molecule has 3 aliphatic rings. The van der Waals surface area contributed by atoms with E-state index in [1.165, 1.54) is 11.2 Å². The van der Waals surface area contributed by atoms with Crippen molar-refractivity contribution in [3.63, 3.8) is 0 Å². The van der Waals surface area contributed by atoms with Crippen LogP contribution in [0.15, 0.2) is 41.9 Å². The van der Waals surface area contributed by atoms with Gasteiger partial charge in [-0.05, 0) is 43.4 Å². The lowest BCUT2D eigenvalue weighted by atomic mass is 9.75. The summed E-state index contributed by atoms with van der Waals surface area (Å²) in [5.74, 6) is 0.899. The highest BCUT2D eigenvalue weighted by Crippen LogP contribution is 2.54. The van der Waals surface area contributed by atoms with Crippen molar-refractivity contribution in [3.8, 4) is 16.9 Å². The van der Waals surface area contributed by atoms with E-state index >= 15 is 0 Å². The van der Waals surface area contributed by atoms with Crippen LogP contribution in [-0.4, -0.2) is 39.4 Å². The number of likely N-dealkylation sites (N-methyl/N-ethyl adjacent to an activating group) is 1. The molecule has 1 aromatic carbocycles. The molecular formula is C20H21N5O2. The van der Waals surface area contributed by atoms with E-state index in [2.05, 4.69) is 9.97 Å². The van der Waals surface area contributed by atoms with Crippen LogP contribution in [0.2, 0.25) is 0 Å². The van der Waals surface area contributed by atoms with Gasteiger partial charge in [-0.3, -0.25) is 9.69 Å². The molecule has 1 atom stereocenters. The number of nitrogens with zero attached hydrogens (tertiary/aromatic N) is 4. The number of hydrogen-bond donors (Lipinski definition) is 1. The molecule has 0 radical (unpaired) electrons. The molecule has 27 heavy (non-hydrogen) atoms. The van der Waals surface area contributed by atoms with Gasteiger partial charge in [0.25, 0.3) is 5.91 Å². The second-order valence-electron chi connectivity index (χ2n) is 7.70. The average Bonchev–Trinajstić information content (AvgIpc) is 3.21. The van der Waals surface area contributed by atoms with Crippen molar-refractivity contribution in [1.82, 2.24) is 14.9 Å². The normalized spacial score (nSPS) is 25.6. The van der Waals surface area contributed by atoms with Crippen molar-refractivity contribution >= 4 is 11.9 Å². The number of benzene rings is 1. The lowest BCUT2D eigenvalue weighted by Gasteiger charge is -2.43. The topological polar surface area (TPSA) is 93.7 Å². The van der Waals surface area contributed by atoms with Crippen LogP contribution in [0.4, 0.5) is 0 Å². The van der Waals surface area contributed by atoms with Crippen molar-refractivity contribution in [2.75, 3.05) is 7.05 Å². The van der Waals surface area contributed by atoms with E-state index in [0.29, 0.717) is 6.42 Å². The van der Waals surface area contributed by atoms with Crippen molar-refractivity contribution in [2.45, 2.75) is 43.2 Å². The molecule has 1 aromatic heterocycles. The summed E-state index contributed by atoms with van der Waals surface area (Å²) in [7, 11) is 1.68. The minimum atomic E-state index is -1.01. The van der Waals surface area contributed by atoms with E-state index in [4.69, 9.17) is 15.5 Å². The number of amides is 1. The molecule has 3 heterocycles. The van der Waals surface area contributed by atoms with E-state index in [9.17, 15) is 4.79 Å². The number of carbonyl (C=O) groups is 1. The van der Waals surface area contributed by atoms with Gasteiger partial charge < -0.3 is 10.5 Å². The third kappa shape index (κ3) is 2.27. The zero-order valence-corrected chi connectivity index (χ0v) is 15.2. The van der Waals surface area contributed by atoms with E-state index < -0.39 is 5.54 Å². The third-order valence-corrected chi connectivity index (χ3v) is 6.05. The zero-order chi connectivity index (χ0) is 18.6. The number of carbonyl (C=O) groups excluding carboxylic acids is 1. The highest BCUT2D eigenvalue weighted by atomic mass is 16.5. The predicted octanol–water partition coefficient (Wildman–Crippen LogP) is 2.22. The quantitative estimate of drug-likeness (QED) is 0.838. The maximum Gasteiger partial charge on any atom is 0.261 e. The molecule has 1 unspecified atom stereocenters. The van der Waals surface area contributed by atoms with Crippen LogP contribution in [0.1, 0.15) is 37.7 Å². The van der Waals surface area contributed by atoms with E-state index in [0.717, 1.165) is 48.1 Å². The lowest BCUT2D eigenvalue weighted by Crippen LogP contribution is -2.50. The number of ether oxygens (including phenoxy) is 1. The minimum absolute atomic E-state index is 0.0858. The molecule has 2 N–H and O–H groups in total. The van der Waals surface area contributed by atoms with Crippen LogP contribution in [0, 0.1) is 0 Å². The first kappa shape index (κ1) is 16.2. The fourth-order valence-electron chi connectivity index (χ4n) is 4.69. The van der Waals surface area contributed by atoms with Crippen LogP contribution >= 0.6 is 0 Å². The van der Waals surface area contributed by atoms with Gasteiger partial charge in [0, 0.05) is 37.0 Å². The Balaban J connectivity index is 1.71. The molecule has 1 fully saturated rings. The van der Waals surface area contributed by atoms with Crippen molar-refractivity contribution in [3.05, 3.63) is 42.5 Å². The van der Waals surface area contributed by atoms with Gasteiger partial charge in [-0.15, -0.1) is 0 Å². The highest BCUT2D eigenvalue weighted by molar-refractivity contribution is 6.07. The lowest BCUT2D eigenvalue weighted by molar-refractivity contribution is -0.134. The maximum absolute atomic E-state index is 13.3. The van der Waals surface area contributed by atoms with Gasteiger partial charge in [0.15, 0.2) is 11.5 Å². The Hall–Kier alpha value is -2.96. The molecular weight excluding hydrogens is 342 g/mol. The molecule has 5 rings (SSSR count). The van der Waals surface area contributed by atoms with Crippen LogP contribution in [0.3, 0.4) is 0 Å². The molecule has 1 aliphatic carbocycles. The third-order valence-electron chi connectivity index (χ3n) is 6.05. The van der Waals surface area contributed by atoms with E-state index in [-0.39, 0.29) is 17.5 Å². The van der Waals surface area contributed by atoms with Gasteiger partial charge >= 0.3 is 0 Å². The fraction of sp³-hybridized carbons (Fsp3) is 0.400. The largest absolute Gasteiger partial charge is 0.487 e. The van der Waals surface area contributed by atoms with Gasteiger partial charge in [0.05, 0.1) is 0 Å². The van der Waals surface area contributed by atoms with Crippen LogP contribution in [0.25, 0.3) is 11.1 Å². The second-order valence-corrected chi connectivity index (χ2v) is 7.70. The number of aliphatic imine (C=N–C) groups is 1. The van der Waals surface area contributed by atoms with E-state index in [1.54, 1.807) is 19.4 Å². The molecule has 1 saturated carbocycles. The maximum atomic E-state index is 13.3. The molecule has 2 aromatic rings. The fourth-order valence-corrected chi connectivity index (χ4v) is 4.69. The monoisotopic (exact) mass is 363 g/mol. The average molecular weight is 363 g/mol. The molecule has 138 valence electrons. The van der Waals surface area contributed by atoms with Crippen LogP contribution < -0.4 is 10.5 Å². The number of rotatable bonds is 1. The summed E-state index contributed by atoms with van der Waals surface area (Å²) >= 11 is 0. The summed E-state index contributed by atoms with van der Waals surface area (Å²) in [6.45, 7) is 0. The Kier molecular flexibility index (Phi) is 3.32. The number of nitrogens with two attached hydrogens (primary N) is 1. The summed E-state index contributed by atoms with van der Waals surface area (Å²) in [5.41, 5.74) is 7.30. The van der Waals surface area contributed by atoms with Crippen LogP contribution in [-0.2, 0) is 10.3 Å². The summed E-state index contributed by atoms with van der Waals surface area (Å²) in [6, 6.07) is 5.90. The number of guanidine groups is 1. The summed E-state index contributed by atoms with van der Waals surface area (Å²) in [5, 5.41) is 0. The van der Waals surface area contributed by atoms with Gasteiger partial charge in [-0.1, -0.05) is 6.07 Å². The van der Waals surface area contributed by atoms with Gasteiger partial charge in [-0.25, -0.2) is 15.0 Å². The molecule has 7 heteroatoms. The second kappa shape index (κ2) is 5.52. The standard InChI is InChI=1S/C20H21N5O2/c1-25-17(26)20(24-18(25)21)11-19(6-2-3-7-19)27-16-5-4-13(8-15(16)20)14-9-22-12-23-10-14/h4-5,8-10,12H,2-3,6-7,11H2,1H3,(H2,21,24). The summed E-state index contributed by atoms with van der Waals surface area (Å²) in [6.07, 6.45) is 9.63. The van der Waals surface area contributed by atoms with Crippen LogP contribution in [0.5, 0.6) is 5.75 Å². The molecule has 2 spiro atoms. The molecule has 0 bridgehead atoms. The first-order valence-electron chi connectivity index (χ1n) is 9.26. The molecule has 1 amide bonds. The van der Waals surface area contributed by atoms with Gasteiger partial charge in [0.2, 0.25) is 0 Å². The van der Waals surface area contributed by atoms with Crippen molar-refractivity contribution < 1.29 is 9.53 Å². The van der Waals surface area contributed by atoms with E-state index in [1.807, 2.05) is 18.2 Å². The number of aromatic nitrogens is 2. The predicted molar refractivity (Wildman–Crippen MR) is 100.0 cm³/mol. The molecule has 2 aliphatic heterocycles. The highest BCUT2D eigenvalue weighted by Gasteiger charge is 2.58. The van der Waals surface area contributed by atoms with Gasteiger partial charge in [-0.2, -0.15) is 0 Å². The zero-order valence-electron chi connectivity index (χ0n) is 15.2. The Morgan fingerprint density at radius 2 is 1.89 bits per heavy atom. The summed E-state index contributed by atoms with van der Waals surface area (Å²) < 4.78 is 6.46. The Bertz CT molecular complexity index is 952. The first-order valence-corrected chi connectivity index (χ1v) is 9.26. The molecule has 7 nitrogen and oxygen atoms in total. The first-order chi connectivity index (χ1) is 13.0. The van der Waals surface area contributed by atoms with Crippen molar-refractivity contribution in [1.29, 1.82) is 0 Å². The summed E-state index contributed by atoms with van der Waals surface area (Å²) in [4.78, 5) is 27.6. The minimum Gasteiger partial charge on any atom is -0.487 e. The SMILES string of the molecule is CN1C(=O)C2(CC3(CCCC3)Oc3ccc(-c4cncnc4)cc32)N=C1N. The Morgan fingerprint density at radius 1 is 1.15 bits per heavy atom. The Morgan fingerprint density at radius 3 is 2.56 bits per heavy atom. The number of hydrogen-bond acceptors (Lipinski definition) is 6. The van der Waals surface area contributed by atoms with Crippen molar-refractivity contribution in [2.24, 2.45) is 10.7 Å².